The Morgan fingerprint density at radius 2 is 1.64 bits per heavy atom. The van der Waals surface area contributed by atoms with Crippen molar-refractivity contribution in [1.82, 2.24) is 0 Å². The second-order valence-corrected chi connectivity index (χ2v) is 8.41. The molecule has 1 atom stereocenters. The molecule has 1 fully saturated rings. The van der Waals surface area contributed by atoms with Gasteiger partial charge in [0.2, 0.25) is 0 Å². The molecule has 0 aliphatic carbocycles. The number of aryl methyl sites for hydroxylation is 1. The first kappa shape index (κ1) is 24.7. The van der Waals surface area contributed by atoms with E-state index in [1.54, 1.807) is 12.1 Å². The monoisotopic (exact) mass is 489 g/mol. The summed E-state index contributed by atoms with van der Waals surface area (Å²) in [6.07, 6.45) is 0.675. The average molecular weight is 489 g/mol. The van der Waals surface area contributed by atoms with Gasteiger partial charge in [-0.15, -0.1) is 0 Å². The van der Waals surface area contributed by atoms with Gasteiger partial charge in [0.1, 0.15) is 17.3 Å². The summed E-state index contributed by atoms with van der Waals surface area (Å²) in [5, 5.41) is 20.9. The van der Waals surface area contributed by atoms with Crippen LogP contribution in [0.25, 0.3) is 5.76 Å². The molecule has 1 aliphatic rings. The van der Waals surface area contributed by atoms with Gasteiger partial charge in [0.15, 0.2) is 0 Å². The van der Waals surface area contributed by atoms with Gasteiger partial charge < -0.3 is 14.9 Å². The van der Waals surface area contributed by atoms with Crippen LogP contribution in [0, 0.1) is 12.7 Å². The van der Waals surface area contributed by atoms with Crippen LogP contribution in [0.15, 0.2) is 72.3 Å². The van der Waals surface area contributed by atoms with Crippen LogP contribution in [0.3, 0.4) is 0 Å². The number of aliphatic hydroxyl groups is 1. The van der Waals surface area contributed by atoms with Gasteiger partial charge in [-0.3, -0.25) is 14.5 Å². The van der Waals surface area contributed by atoms with Crippen molar-refractivity contribution >= 4 is 29.1 Å². The molecule has 184 valence electrons. The highest BCUT2D eigenvalue weighted by Gasteiger charge is 2.47. The van der Waals surface area contributed by atoms with Gasteiger partial charge in [0, 0.05) is 11.3 Å². The quantitative estimate of drug-likeness (QED) is 0.218. The van der Waals surface area contributed by atoms with Crippen molar-refractivity contribution in [2.75, 3.05) is 11.5 Å². The number of aromatic hydroxyl groups is 1. The predicted molar refractivity (Wildman–Crippen MR) is 131 cm³/mol. The smallest absolute Gasteiger partial charge is 0.338 e. The van der Waals surface area contributed by atoms with Gasteiger partial charge in [0.05, 0.1) is 23.8 Å². The number of anilines is 1. The van der Waals surface area contributed by atoms with Gasteiger partial charge in [-0.2, -0.15) is 0 Å². The van der Waals surface area contributed by atoms with Crippen LogP contribution in [0.2, 0.25) is 0 Å². The molecule has 4 rings (SSSR count). The maximum absolute atomic E-state index is 13.8. The number of Topliss-reactive ketones (excluding diaryl/α,β-unsaturated/α-hetero) is 1. The minimum Gasteiger partial charge on any atom is -0.508 e. The number of phenolic OH excluding ortho intramolecular Hbond substituents is 1. The number of rotatable bonds is 6. The summed E-state index contributed by atoms with van der Waals surface area (Å²) in [5.74, 6) is -3.24. The summed E-state index contributed by atoms with van der Waals surface area (Å²) in [6, 6.07) is 14.8. The van der Waals surface area contributed by atoms with Crippen molar-refractivity contribution in [3.8, 4) is 5.75 Å². The Balaban J connectivity index is 1.83. The number of ether oxygens (including phenoxy) is 1. The average Bonchev–Trinajstić information content (AvgIpc) is 3.14. The molecule has 0 bridgehead atoms. The van der Waals surface area contributed by atoms with Crippen LogP contribution in [-0.2, 0) is 14.3 Å². The first-order valence-electron chi connectivity index (χ1n) is 11.4. The summed E-state index contributed by atoms with van der Waals surface area (Å²) < 4.78 is 18.9. The van der Waals surface area contributed by atoms with E-state index in [0.29, 0.717) is 17.7 Å². The molecule has 3 aromatic carbocycles. The molecular weight excluding hydrogens is 465 g/mol. The number of hydrogen-bond donors (Lipinski definition) is 2. The van der Waals surface area contributed by atoms with Gasteiger partial charge in [-0.05, 0) is 79.1 Å². The van der Waals surface area contributed by atoms with Gasteiger partial charge in [-0.25, -0.2) is 9.18 Å². The van der Waals surface area contributed by atoms with Crippen LogP contribution >= 0.6 is 0 Å². The fourth-order valence-electron chi connectivity index (χ4n) is 4.05. The third-order valence-electron chi connectivity index (χ3n) is 5.90. The second-order valence-electron chi connectivity index (χ2n) is 8.41. The standard InChI is InChI=1S/C28H24FNO6/c1-3-14-36-28(35)18-4-9-20(10-5-18)30-24(17-6-11-21(31)12-7-17)23(26(33)27(30)34)25(32)19-8-13-22(29)16(2)15-19/h4-13,15,24,31-32H,3,14H2,1-2H3/b25-23-. The lowest BCUT2D eigenvalue weighted by atomic mass is 9.94. The molecule has 0 spiro atoms. The number of hydrogen-bond acceptors (Lipinski definition) is 6. The molecular formula is C28H24FNO6. The number of carbonyl (C=O) groups is 3. The number of carbonyl (C=O) groups excluding carboxylic acids is 3. The van der Waals surface area contributed by atoms with Crippen molar-refractivity contribution in [2.45, 2.75) is 26.3 Å². The zero-order valence-electron chi connectivity index (χ0n) is 19.7. The molecule has 36 heavy (non-hydrogen) atoms. The molecule has 0 saturated carbocycles. The number of halogens is 1. The molecule has 1 unspecified atom stereocenters. The van der Waals surface area contributed by atoms with Crippen molar-refractivity contribution in [2.24, 2.45) is 0 Å². The third-order valence-corrected chi connectivity index (χ3v) is 5.90. The zero-order chi connectivity index (χ0) is 26.0. The Bertz CT molecular complexity index is 1360. The Morgan fingerprint density at radius 1 is 1.00 bits per heavy atom. The fourth-order valence-corrected chi connectivity index (χ4v) is 4.05. The number of aliphatic hydroxyl groups excluding tert-OH is 1. The zero-order valence-corrected chi connectivity index (χ0v) is 19.7. The SMILES string of the molecule is CCCOC(=O)c1ccc(N2C(=O)C(=O)/C(=C(\O)c3ccc(F)c(C)c3)C2c2ccc(O)cc2)cc1. The Morgan fingerprint density at radius 3 is 2.25 bits per heavy atom. The Hall–Kier alpha value is -4.46. The Kier molecular flexibility index (Phi) is 6.87. The highest BCUT2D eigenvalue weighted by Crippen LogP contribution is 2.42. The topological polar surface area (TPSA) is 104 Å². The molecule has 0 aromatic heterocycles. The van der Waals surface area contributed by atoms with Crippen LogP contribution < -0.4 is 4.90 Å². The molecule has 8 heteroatoms. The summed E-state index contributed by atoms with van der Waals surface area (Å²) in [4.78, 5) is 39.8. The highest BCUT2D eigenvalue weighted by molar-refractivity contribution is 6.51. The van der Waals surface area contributed by atoms with Crippen molar-refractivity contribution in [3.05, 3.63) is 100 Å². The molecule has 1 heterocycles. The first-order chi connectivity index (χ1) is 17.2. The molecule has 1 amide bonds. The first-order valence-corrected chi connectivity index (χ1v) is 11.4. The lowest BCUT2D eigenvalue weighted by Gasteiger charge is -2.25. The van der Waals surface area contributed by atoms with Gasteiger partial charge in [-0.1, -0.05) is 19.1 Å². The molecule has 1 aliphatic heterocycles. The minimum atomic E-state index is -1.03. The van der Waals surface area contributed by atoms with Crippen LogP contribution in [0.1, 0.15) is 46.4 Å². The van der Waals surface area contributed by atoms with E-state index in [-0.39, 0.29) is 34.6 Å². The normalized spacial score (nSPS) is 16.9. The second kappa shape index (κ2) is 10.0. The molecule has 1 saturated heterocycles. The molecule has 3 aromatic rings. The summed E-state index contributed by atoms with van der Waals surface area (Å²) >= 11 is 0. The molecule has 0 radical (unpaired) electrons. The van der Waals surface area contributed by atoms with Crippen molar-refractivity contribution in [3.63, 3.8) is 0 Å². The highest BCUT2D eigenvalue weighted by atomic mass is 19.1. The number of ketones is 1. The summed E-state index contributed by atoms with van der Waals surface area (Å²) in [6.45, 7) is 3.68. The summed E-state index contributed by atoms with van der Waals surface area (Å²) in [7, 11) is 0. The van der Waals surface area contributed by atoms with E-state index in [1.807, 2.05) is 6.92 Å². The number of benzene rings is 3. The van der Waals surface area contributed by atoms with Gasteiger partial charge >= 0.3 is 5.97 Å². The molecule has 7 nitrogen and oxygen atoms in total. The van der Waals surface area contributed by atoms with E-state index in [0.717, 1.165) is 0 Å². The maximum Gasteiger partial charge on any atom is 0.338 e. The van der Waals surface area contributed by atoms with E-state index >= 15 is 0 Å². The van der Waals surface area contributed by atoms with Crippen LogP contribution in [0.4, 0.5) is 10.1 Å². The van der Waals surface area contributed by atoms with E-state index in [1.165, 1.54) is 66.4 Å². The maximum atomic E-state index is 13.8. The third kappa shape index (κ3) is 4.57. The van der Waals surface area contributed by atoms with Crippen LogP contribution in [-0.4, -0.2) is 34.5 Å². The Labute approximate surface area is 207 Å². The van der Waals surface area contributed by atoms with E-state index in [2.05, 4.69) is 0 Å². The van der Waals surface area contributed by atoms with E-state index < -0.39 is 35.3 Å². The van der Waals surface area contributed by atoms with Gasteiger partial charge in [0.25, 0.3) is 11.7 Å². The fraction of sp³-hybridized carbons (Fsp3) is 0.179. The van der Waals surface area contributed by atoms with Crippen molar-refractivity contribution < 1.29 is 33.7 Å². The largest absolute Gasteiger partial charge is 0.508 e. The predicted octanol–water partition coefficient (Wildman–Crippen LogP) is 5.03. The summed E-state index contributed by atoms with van der Waals surface area (Å²) in [5.41, 5.74) is 1.33. The lowest BCUT2D eigenvalue weighted by molar-refractivity contribution is -0.132. The van der Waals surface area contributed by atoms with Crippen molar-refractivity contribution in [1.29, 1.82) is 0 Å². The molecule has 2 N–H and O–H groups in total. The van der Waals surface area contributed by atoms with Crippen LogP contribution in [0.5, 0.6) is 5.75 Å². The van der Waals surface area contributed by atoms with E-state index in [9.17, 15) is 29.0 Å². The lowest BCUT2D eigenvalue weighted by Crippen LogP contribution is -2.29. The number of phenols is 1. The number of amides is 1. The number of esters is 1. The van der Waals surface area contributed by atoms with E-state index in [4.69, 9.17) is 4.74 Å². The number of nitrogens with zero attached hydrogens (tertiary/aromatic N) is 1. The minimum absolute atomic E-state index is 0.0141.